The third-order valence-corrected chi connectivity index (χ3v) is 5.26. The third kappa shape index (κ3) is 3.68. The van der Waals surface area contributed by atoms with Gasteiger partial charge in [-0.2, -0.15) is 5.10 Å². The predicted molar refractivity (Wildman–Crippen MR) is 118 cm³/mol. The number of benzene rings is 1. The Morgan fingerprint density at radius 3 is 2.72 bits per heavy atom. The van der Waals surface area contributed by atoms with Crippen LogP contribution in [0.3, 0.4) is 0 Å². The molecule has 5 rings (SSSR count). The van der Waals surface area contributed by atoms with Crippen LogP contribution in [0.5, 0.6) is 0 Å². The summed E-state index contributed by atoms with van der Waals surface area (Å²) in [6.07, 6.45) is 7.92. The number of fused-ring (bicyclic) bond motifs is 1. The van der Waals surface area contributed by atoms with E-state index >= 15 is 0 Å². The van der Waals surface area contributed by atoms with E-state index < -0.39 is 11.6 Å². The highest BCUT2D eigenvalue weighted by atomic mass is 19.2. The van der Waals surface area contributed by atoms with E-state index in [4.69, 9.17) is 5.73 Å². The second-order valence-electron chi connectivity index (χ2n) is 7.45. The lowest BCUT2D eigenvalue weighted by atomic mass is 10.1. The van der Waals surface area contributed by atoms with E-state index in [0.29, 0.717) is 12.1 Å². The summed E-state index contributed by atoms with van der Waals surface area (Å²) in [7, 11) is 0. The topological polar surface area (TPSA) is 98.3 Å². The van der Waals surface area contributed by atoms with Crippen LogP contribution in [-0.2, 0) is 13.0 Å². The Morgan fingerprint density at radius 2 is 1.91 bits per heavy atom. The molecule has 4 heterocycles. The molecule has 0 saturated carbocycles. The summed E-state index contributed by atoms with van der Waals surface area (Å²) < 4.78 is 28.3. The number of nitrogen functional groups attached to an aromatic ring is 1. The van der Waals surface area contributed by atoms with E-state index in [1.54, 1.807) is 17.1 Å². The fraction of sp³-hybridized carbons (Fsp3) is 0.130. The van der Waals surface area contributed by atoms with Gasteiger partial charge in [-0.1, -0.05) is 13.0 Å². The molecule has 7 nitrogen and oxygen atoms in total. The molecule has 32 heavy (non-hydrogen) atoms. The van der Waals surface area contributed by atoms with Gasteiger partial charge in [-0.3, -0.25) is 4.68 Å². The van der Waals surface area contributed by atoms with Gasteiger partial charge in [0.15, 0.2) is 11.6 Å². The molecule has 0 bridgehead atoms. The molecule has 0 atom stereocenters. The van der Waals surface area contributed by atoms with Gasteiger partial charge >= 0.3 is 0 Å². The molecule has 0 amide bonds. The number of hydrogen-bond acceptors (Lipinski definition) is 5. The maximum absolute atomic E-state index is 13.5. The summed E-state index contributed by atoms with van der Waals surface area (Å²) in [6, 6.07) is 7.76. The summed E-state index contributed by atoms with van der Waals surface area (Å²) in [5.41, 5.74) is 11.4. The first-order valence-electron chi connectivity index (χ1n) is 10.1. The molecule has 4 aromatic heterocycles. The van der Waals surface area contributed by atoms with Gasteiger partial charge in [-0.05, 0) is 36.2 Å². The quantitative estimate of drug-likeness (QED) is 0.431. The van der Waals surface area contributed by atoms with Crippen LogP contribution in [0.1, 0.15) is 18.2 Å². The van der Waals surface area contributed by atoms with Crippen LogP contribution in [-0.4, -0.2) is 29.7 Å². The highest BCUT2D eigenvalue weighted by molar-refractivity contribution is 5.95. The van der Waals surface area contributed by atoms with Crippen LogP contribution < -0.4 is 5.73 Å². The number of aromatic nitrogens is 6. The zero-order valence-electron chi connectivity index (χ0n) is 17.2. The molecule has 0 radical (unpaired) electrons. The van der Waals surface area contributed by atoms with Crippen molar-refractivity contribution in [2.24, 2.45) is 0 Å². The zero-order chi connectivity index (χ0) is 22.2. The number of aryl methyl sites for hydroxylation is 1. The van der Waals surface area contributed by atoms with Gasteiger partial charge < -0.3 is 10.7 Å². The highest BCUT2D eigenvalue weighted by Gasteiger charge is 2.13. The fourth-order valence-corrected chi connectivity index (χ4v) is 3.63. The van der Waals surface area contributed by atoms with Crippen LogP contribution in [0.25, 0.3) is 33.4 Å². The standard InChI is InChI=1S/C23H19F2N7/c1-2-16-7-21(31-23(26)30-16)18-10-28-22-17(18)6-14(8-27-22)15-9-29-32(12-15)11-13-3-4-19(24)20(25)5-13/h3-10,12H,2,11H2,1H3,(H,27,28)(H2,26,30,31). The van der Waals surface area contributed by atoms with E-state index in [-0.39, 0.29) is 5.95 Å². The normalized spacial score (nSPS) is 11.3. The molecule has 9 heteroatoms. The summed E-state index contributed by atoms with van der Waals surface area (Å²) >= 11 is 0. The number of hydrogen-bond donors (Lipinski definition) is 2. The smallest absolute Gasteiger partial charge is 0.220 e. The summed E-state index contributed by atoms with van der Waals surface area (Å²) in [5.74, 6) is -1.51. The fourth-order valence-electron chi connectivity index (χ4n) is 3.63. The van der Waals surface area contributed by atoms with Gasteiger partial charge in [0.05, 0.1) is 18.4 Å². The summed E-state index contributed by atoms with van der Waals surface area (Å²) in [5, 5.41) is 5.25. The highest BCUT2D eigenvalue weighted by Crippen LogP contribution is 2.30. The van der Waals surface area contributed by atoms with E-state index in [9.17, 15) is 8.78 Å². The van der Waals surface area contributed by atoms with Crippen LogP contribution in [0.4, 0.5) is 14.7 Å². The Kier molecular flexibility index (Phi) is 4.85. The number of halogens is 2. The molecule has 0 aliphatic heterocycles. The van der Waals surface area contributed by atoms with Crippen molar-refractivity contribution in [2.45, 2.75) is 19.9 Å². The minimum absolute atomic E-state index is 0.233. The molecular weight excluding hydrogens is 412 g/mol. The van der Waals surface area contributed by atoms with Gasteiger partial charge in [0, 0.05) is 46.4 Å². The molecular formula is C23H19F2N7. The average molecular weight is 431 g/mol. The molecule has 0 aliphatic rings. The van der Waals surface area contributed by atoms with Gasteiger partial charge in [0.2, 0.25) is 5.95 Å². The van der Waals surface area contributed by atoms with Gasteiger partial charge in [0.1, 0.15) is 5.65 Å². The van der Waals surface area contributed by atoms with Crippen molar-refractivity contribution < 1.29 is 8.78 Å². The van der Waals surface area contributed by atoms with E-state index in [2.05, 4.69) is 25.0 Å². The predicted octanol–water partition coefficient (Wildman–Crippen LogP) is 4.35. The Morgan fingerprint density at radius 1 is 1.03 bits per heavy atom. The molecule has 1 aromatic carbocycles. The molecule has 0 saturated heterocycles. The monoisotopic (exact) mass is 431 g/mol. The summed E-state index contributed by atoms with van der Waals surface area (Å²) in [6.45, 7) is 2.33. The number of nitrogens with zero attached hydrogens (tertiary/aromatic N) is 5. The average Bonchev–Trinajstić information content (AvgIpc) is 3.42. The van der Waals surface area contributed by atoms with Gasteiger partial charge in [-0.15, -0.1) is 0 Å². The Labute approximate surface area is 182 Å². The maximum atomic E-state index is 13.5. The van der Waals surface area contributed by atoms with Gasteiger partial charge in [0.25, 0.3) is 0 Å². The van der Waals surface area contributed by atoms with E-state index in [0.717, 1.165) is 51.6 Å². The van der Waals surface area contributed by atoms with Crippen LogP contribution in [0, 0.1) is 11.6 Å². The Hall–Kier alpha value is -4.14. The minimum Gasteiger partial charge on any atom is -0.368 e. The van der Waals surface area contributed by atoms with Crippen molar-refractivity contribution in [3.8, 4) is 22.4 Å². The van der Waals surface area contributed by atoms with Crippen molar-refractivity contribution >= 4 is 17.0 Å². The van der Waals surface area contributed by atoms with Crippen molar-refractivity contribution in [2.75, 3.05) is 5.73 Å². The lowest BCUT2D eigenvalue weighted by molar-refractivity contribution is 0.506. The second-order valence-corrected chi connectivity index (χ2v) is 7.45. The van der Waals surface area contributed by atoms with E-state index in [1.807, 2.05) is 31.5 Å². The summed E-state index contributed by atoms with van der Waals surface area (Å²) in [4.78, 5) is 16.3. The number of nitrogens with one attached hydrogen (secondary N) is 1. The lowest BCUT2D eigenvalue weighted by Crippen LogP contribution is -2.00. The molecule has 0 unspecified atom stereocenters. The molecule has 3 N–H and O–H groups in total. The SMILES string of the molecule is CCc1cc(-c2c[nH]c3ncc(-c4cnn(Cc5ccc(F)c(F)c5)c4)cc23)nc(N)n1. The Balaban J connectivity index is 1.49. The number of rotatable bonds is 5. The zero-order valence-corrected chi connectivity index (χ0v) is 17.2. The van der Waals surface area contributed by atoms with Crippen LogP contribution in [0.2, 0.25) is 0 Å². The molecule has 0 aliphatic carbocycles. The van der Waals surface area contributed by atoms with Gasteiger partial charge in [-0.25, -0.2) is 23.7 Å². The lowest BCUT2D eigenvalue weighted by Gasteiger charge is -2.04. The first kappa shape index (κ1) is 19.8. The maximum Gasteiger partial charge on any atom is 0.220 e. The number of H-pyrrole nitrogens is 1. The minimum atomic E-state index is -0.874. The van der Waals surface area contributed by atoms with Crippen molar-refractivity contribution in [3.63, 3.8) is 0 Å². The number of nitrogens with two attached hydrogens (primary N) is 1. The number of pyridine rings is 1. The number of anilines is 1. The first-order chi connectivity index (χ1) is 15.5. The van der Waals surface area contributed by atoms with Crippen LogP contribution in [0.15, 0.2) is 55.1 Å². The molecule has 0 spiro atoms. The molecule has 160 valence electrons. The molecule has 5 aromatic rings. The Bertz CT molecular complexity index is 1440. The van der Waals surface area contributed by atoms with Crippen molar-refractivity contribution in [3.05, 3.63) is 78.0 Å². The van der Waals surface area contributed by atoms with E-state index in [1.165, 1.54) is 12.1 Å². The second kappa shape index (κ2) is 7.84. The van der Waals surface area contributed by atoms with Crippen molar-refractivity contribution in [1.29, 1.82) is 0 Å². The molecule has 0 fully saturated rings. The first-order valence-corrected chi connectivity index (χ1v) is 10.1. The van der Waals surface area contributed by atoms with Crippen molar-refractivity contribution in [1.82, 2.24) is 29.7 Å². The number of aromatic amines is 1. The third-order valence-electron chi connectivity index (χ3n) is 5.26. The van der Waals surface area contributed by atoms with Crippen LogP contribution >= 0.6 is 0 Å². The largest absolute Gasteiger partial charge is 0.368 e.